The van der Waals surface area contributed by atoms with E-state index >= 15 is 0 Å². The molecule has 0 saturated carbocycles. The van der Waals surface area contributed by atoms with Gasteiger partial charge in [0, 0.05) is 31.5 Å². The van der Waals surface area contributed by atoms with E-state index in [9.17, 15) is 4.79 Å². The molecule has 1 aliphatic heterocycles. The Morgan fingerprint density at radius 2 is 2.28 bits per heavy atom. The molecular formula is C14H21N3O. The number of likely N-dealkylation sites (N-methyl/N-ethyl adjacent to an activating group) is 1. The van der Waals surface area contributed by atoms with E-state index in [0.717, 1.165) is 32.6 Å². The second-order valence-corrected chi connectivity index (χ2v) is 4.66. The molecule has 2 heterocycles. The van der Waals surface area contributed by atoms with Gasteiger partial charge in [-0.15, -0.1) is 0 Å². The molecule has 1 atom stereocenters. The number of nitrogens with zero attached hydrogens (tertiary/aromatic N) is 3. The number of likely N-dealkylation sites (tertiary alicyclic amines) is 1. The number of hydrogen-bond donors (Lipinski definition) is 0. The number of aromatic nitrogens is 1. The van der Waals surface area contributed by atoms with Crippen LogP contribution in [0.25, 0.3) is 0 Å². The molecule has 2 rings (SSSR count). The second kappa shape index (κ2) is 5.96. The van der Waals surface area contributed by atoms with Crippen molar-refractivity contribution >= 4 is 5.91 Å². The summed E-state index contributed by atoms with van der Waals surface area (Å²) < 4.78 is 0. The largest absolute Gasteiger partial charge is 0.337 e. The Labute approximate surface area is 109 Å². The molecule has 1 unspecified atom stereocenters. The fourth-order valence-corrected chi connectivity index (χ4v) is 2.64. The van der Waals surface area contributed by atoms with Crippen LogP contribution in [-0.2, 0) is 0 Å². The summed E-state index contributed by atoms with van der Waals surface area (Å²) in [7, 11) is 0. The van der Waals surface area contributed by atoms with Crippen LogP contribution in [0.2, 0.25) is 0 Å². The van der Waals surface area contributed by atoms with E-state index in [2.05, 4.69) is 23.7 Å². The number of rotatable bonds is 4. The third kappa shape index (κ3) is 2.70. The number of hydrogen-bond acceptors (Lipinski definition) is 3. The molecule has 1 fully saturated rings. The van der Waals surface area contributed by atoms with Crippen LogP contribution in [-0.4, -0.2) is 52.9 Å². The fraction of sp³-hybridized carbons (Fsp3) is 0.571. The zero-order valence-electron chi connectivity index (χ0n) is 11.2. The Kier molecular flexibility index (Phi) is 4.31. The van der Waals surface area contributed by atoms with Crippen LogP contribution in [0.3, 0.4) is 0 Å². The van der Waals surface area contributed by atoms with Crippen molar-refractivity contribution in [3.63, 3.8) is 0 Å². The minimum Gasteiger partial charge on any atom is -0.337 e. The maximum absolute atomic E-state index is 12.3. The first-order valence-corrected chi connectivity index (χ1v) is 6.69. The summed E-state index contributed by atoms with van der Waals surface area (Å²) in [6.07, 6.45) is 4.42. The molecule has 4 nitrogen and oxygen atoms in total. The van der Waals surface area contributed by atoms with E-state index in [1.165, 1.54) is 0 Å². The monoisotopic (exact) mass is 247 g/mol. The minimum absolute atomic E-state index is 0.109. The summed E-state index contributed by atoms with van der Waals surface area (Å²) in [6.45, 7) is 8.15. The van der Waals surface area contributed by atoms with Crippen molar-refractivity contribution in [2.45, 2.75) is 26.3 Å². The van der Waals surface area contributed by atoms with E-state index in [4.69, 9.17) is 0 Å². The van der Waals surface area contributed by atoms with Crippen LogP contribution in [0.5, 0.6) is 0 Å². The van der Waals surface area contributed by atoms with Crippen LogP contribution in [0.1, 0.15) is 30.6 Å². The molecule has 98 valence electrons. The quantitative estimate of drug-likeness (QED) is 0.811. The minimum atomic E-state index is 0.109. The molecule has 0 aromatic carbocycles. The highest BCUT2D eigenvalue weighted by molar-refractivity contribution is 5.94. The fourth-order valence-electron chi connectivity index (χ4n) is 2.64. The van der Waals surface area contributed by atoms with Crippen LogP contribution >= 0.6 is 0 Å². The molecular weight excluding hydrogens is 226 g/mol. The lowest BCUT2D eigenvalue weighted by Crippen LogP contribution is -2.38. The van der Waals surface area contributed by atoms with E-state index in [1.807, 2.05) is 17.0 Å². The van der Waals surface area contributed by atoms with Crippen LogP contribution in [0, 0.1) is 0 Å². The third-order valence-electron chi connectivity index (χ3n) is 3.69. The van der Waals surface area contributed by atoms with Crippen molar-refractivity contribution < 1.29 is 4.79 Å². The molecule has 0 spiro atoms. The molecule has 0 bridgehead atoms. The van der Waals surface area contributed by atoms with Gasteiger partial charge in [-0.1, -0.05) is 13.8 Å². The van der Waals surface area contributed by atoms with Gasteiger partial charge < -0.3 is 4.90 Å². The normalized spacial score (nSPS) is 19.5. The average Bonchev–Trinajstić information content (AvgIpc) is 2.90. The highest BCUT2D eigenvalue weighted by Gasteiger charge is 2.29. The van der Waals surface area contributed by atoms with Crippen molar-refractivity contribution in [1.29, 1.82) is 0 Å². The standard InChI is InChI=1S/C14H21N3O/c1-3-16(4-2)13-7-9-17(11-13)14(18)12-6-5-8-15-10-12/h5-6,8,10,13H,3-4,7,9,11H2,1-2H3. The summed E-state index contributed by atoms with van der Waals surface area (Å²) in [4.78, 5) is 20.6. The van der Waals surface area contributed by atoms with Crippen molar-refractivity contribution in [3.05, 3.63) is 30.1 Å². The highest BCUT2D eigenvalue weighted by Crippen LogP contribution is 2.17. The van der Waals surface area contributed by atoms with Crippen LogP contribution in [0.4, 0.5) is 0 Å². The van der Waals surface area contributed by atoms with Gasteiger partial charge >= 0.3 is 0 Å². The number of carbonyl (C=O) groups is 1. The van der Waals surface area contributed by atoms with E-state index in [0.29, 0.717) is 11.6 Å². The first-order chi connectivity index (χ1) is 8.76. The Morgan fingerprint density at radius 1 is 1.50 bits per heavy atom. The third-order valence-corrected chi connectivity index (χ3v) is 3.69. The van der Waals surface area contributed by atoms with Crippen molar-refractivity contribution in [2.24, 2.45) is 0 Å². The predicted octanol–water partition coefficient (Wildman–Crippen LogP) is 1.64. The summed E-state index contributed by atoms with van der Waals surface area (Å²) in [6, 6.07) is 4.16. The van der Waals surface area contributed by atoms with E-state index < -0.39 is 0 Å². The molecule has 1 aliphatic rings. The number of amides is 1. The van der Waals surface area contributed by atoms with Gasteiger partial charge in [0.15, 0.2) is 0 Å². The van der Waals surface area contributed by atoms with E-state index in [1.54, 1.807) is 12.4 Å². The smallest absolute Gasteiger partial charge is 0.255 e. The van der Waals surface area contributed by atoms with Crippen LogP contribution < -0.4 is 0 Å². The topological polar surface area (TPSA) is 36.4 Å². The summed E-state index contributed by atoms with van der Waals surface area (Å²) >= 11 is 0. The Balaban J connectivity index is 1.99. The molecule has 0 aliphatic carbocycles. The van der Waals surface area contributed by atoms with E-state index in [-0.39, 0.29) is 5.91 Å². The number of carbonyl (C=O) groups excluding carboxylic acids is 1. The first-order valence-electron chi connectivity index (χ1n) is 6.69. The average molecular weight is 247 g/mol. The summed E-state index contributed by atoms with van der Waals surface area (Å²) in [5.74, 6) is 0.109. The van der Waals surface area contributed by atoms with Crippen LogP contribution in [0.15, 0.2) is 24.5 Å². The molecule has 1 aromatic heterocycles. The van der Waals surface area contributed by atoms with Crippen molar-refractivity contribution in [3.8, 4) is 0 Å². The van der Waals surface area contributed by atoms with Gasteiger partial charge in [-0.05, 0) is 31.6 Å². The molecule has 1 saturated heterocycles. The van der Waals surface area contributed by atoms with Gasteiger partial charge in [0.1, 0.15) is 0 Å². The molecule has 0 radical (unpaired) electrons. The zero-order chi connectivity index (χ0) is 13.0. The van der Waals surface area contributed by atoms with Gasteiger partial charge in [-0.2, -0.15) is 0 Å². The lowest BCUT2D eigenvalue weighted by molar-refractivity contribution is 0.0777. The van der Waals surface area contributed by atoms with Crippen molar-refractivity contribution in [2.75, 3.05) is 26.2 Å². The zero-order valence-corrected chi connectivity index (χ0v) is 11.2. The summed E-state index contributed by atoms with van der Waals surface area (Å²) in [5, 5.41) is 0. The van der Waals surface area contributed by atoms with Gasteiger partial charge in [0.05, 0.1) is 5.56 Å². The van der Waals surface area contributed by atoms with Gasteiger partial charge in [0.2, 0.25) is 0 Å². The van der Waals surface area contributed by atoms with Gasteiger partial charge in [-0.25, -0.2) is 0 Å². The van der Waals surface area contributed by atoms with Crippen molar-refractivity contribution in [1.82, 2.24) is 14.8 Å². The number of pyridine rings is 1. The highest BCUT2D eigenvalue weighted by atomic mass is 16.2. The SMILES string of the molecule is CCN(CC)C1CCN(C(=O)c2cccnc2)C1. The lowest BCUT2D eigenvalue weighted by atomic mass is 10.2. The molecule has 4 heteroatoms. The first kappa shape index (κ1) is 13.0. The molecule has 18 heavy (non-hydrogen) atoms. The Hall–Kier alpha value is -1.42. The van der Waals surface area contributed by atoms with Gasteiger partial charge in [-0.3, -0.25) is 14.7 Å². The Bertz CT molecular complexity index is 389. The second-order valence-electron chi connectivity index (χ2n) is 4.66. The molecule has 1 aromatic rings. The maximum atomic E-state index is 12.3. The summed E-state index contributed by atoms with van der Waals surface area (Å²) in [5.41, 5.74) is 0.692. The van der Waals surface area contributed by atoms with Gasteiger partial charge in [0.25, 0.3) is 5.91 Å². The molecule has 0 N–H and O–H groups in total. The molecule has 1 amide bonds. The lowest BCUT2D eigenvalue weighted by Gasteiger charge is -2.26. The maximum Gasteiger partial charge on any atom is 0.255 e. The predicted molar refractivity (Wildman–Crippen MR) is 71.5 cm³/mol. The Morgan fingerprint density at radius 3 is 2.89 bits per heavy atom.